The van der Waals surface area contributed by atoms with Gasteiger partial charge in [-0.15, -0.1) is 0 Å². The van der Waals surface area contributed by atoms with Crippen molar-refractivity contribution in [1.29, 1.82) is 0 Å². The Labute approximate surface area is 327 Å². The van der Waals surface area contributed by atoms with E-state index in [4.69, 9.17) is 4.42 Å². The van der Waals surface area contributed by atoms with Crippen molar-refractivity contribution in [3.63, 3.8) is 0 Å². The van der Waals surface area contributed by atoms with Crippen LogP contribution < -0.4 is 4.90 Å². The summed E-state index contributed by atoms with van der Waals surface area (Å²) in [6, 6.07) is 62.5. The number of anilines is 3. The van der Waals surface area contributed by atoms with Gasteiger partial charge in [0.25, 0.3) is 0 Å². The van der Waals surface area contributed by atoms with Gasteiger partial charge in [0.05, 0.1) is 5.56 Å². The molecule has 1 aromatic heterocycles. The van der Waals surface area contributed by atoms with E-state index in [-0.39, 0.29) is 5.56 Å². The third-order valence-electron chi connectivity index (χ3n) is 10.7. The summed E-state index contributed by atoms with van der Waals surface area (Å²) in [5, 5.41) is 5.54. The topological polar surface area (TPSA) is 16.4 Å². The van der Waals surface area contributed by atoms with Crippen molar-refractivity contribution in [1.82, 2.24) is 0 Å². The number of hydrogen-bond acceptors (Lipinski definition) is 2. The molecule has 0 bridgehead atoms. The summed E-state index contributed by atoms with van der Waals surface area (Å²) >= 11 is 0. The largest absolute Gasteiger partial charge is 0.455 e. The van der Waals surface area contributed by atoms with Crippen molar-refractivity contribution in [2.75, 3.05) is 4.90 Å². The molecular weight excluding hydrogens is 712 g/mol. The van der Waals surface area contributed by atoms with Gasteiger partial charge in [0.1, 0.15) is 28.8 Å². The minimum Gasteiger partial charge on any atom is -0.455 e. The van der Waals surface area contributed by atoms with Crippen molar-refractivity contribution in [3.05, 3.63) is 212 Å². The van der Waals surface area contributed by atoms with E-state index in [1.165, 1.54) is 0 Å². The fourth-order valence-electron chi connectivity index (χ4n) is 8.06. The molecule has 0 amide bonds. The first kappa shape index (κ1) is 34.1. The second kappa shape index (κ2) is 14.0. The van der Waals surface area contributed by atoms with Crippen molar-refractivity contribution >= 4 is 49.6 Å². The highest BCUT2D eigenvalue weighted by atomic mass is 19.1. The number of para-hydroxylation sites is 1. The standard InChI is InChI=1S/C52H32F3NO/c53-38-31-46(54)48(47(55)32-38)35-22-27-41(28-23-35)56(39-16-8-3-9-17-39)40-25-20-33(21-26-40)37-24-29-43-42-18-10-11-19-44(42)50-49(34-12-4-1-5-13-34)51(36-14-6-2-7-15-36)57-52(50)45(43)30-37/h1-32H. The number of nitrogens with zero attached hydrogens (tertiary/aromatic N) is 1. The Balaban J connectivity index is 1.09. The molecule has 0 spiro atoms. The minimum absolute atomic E-state index is 0.263. The van der Waals surface area contributed by atoms with Gasteiger partial charge in [-0.3, -0.25) is 0 Å². The zero-order valence-corrected chi connectivity index (χ0v) is 30.5. The average Bonchev–Trinajstić information content (AvgIpc) is 3.67. The Morgan fingerprint density at radius 1 is 0.351 bits per heavy atom. The van der Waals surface area contributed by atoms with Gasteiger partial charge in [0.2, 0.25) is 0 Å². The Hall–Kier alpha value is -7.37. The molecule has 0 fully saturated rings. The lowest BCUT2D eigenvalue weighted by Crippen LogP contribution is -2.09. The highest BCUT2D eigenvalue weighted by molar-refractivity contribution is 6.28. The quantitative estimate of drug-likeness (QED) is 0.151. The Morgan fingerprint density at radius 3 is 1.46 bits per heavy atom. The molecular formula is C52H32F3NO. The third-order valence-corrected chi connectivity index (χ3v) is 10.7. The fourth-order valence-corrected chi connectivity index (χ4v) is 8.06. The molecule has 57 heavy (non-hydrogen) atoms. The molecule has 0 aliphatic carbocycles. The summed E-state index contributed by atoms with van der Waals surface area (Å²) in [7, 11) is 0. The average molecular weight is 744 g/mol. The predicted octanol–water partition coefficient (Wildman–Crippen LogP) is 15.3. The summed E-state index contributed by atoms with van der Waals surface area (Å²) in [5.74, 6) is -2.01. The van der Waals surface area contributed by atoms with E-state index in [9.17, 15) is 13.2 Å². The summed E-state index contributed by atoms with van der Waals surface area (Å²) in [4.78, 5) is 2.08. The Morgan fingerprint density at radius 2 is 0.825 bits per heavy atom. The van der Waals surface area contributed by atoms with E-state index in [0.717, 1.165) is 83.2 Å². The first-order valence-corrected chi connectivity index (χ1v) is 18.7. The maximum Gasteiger partial charge on any atom is 0.143 e. The lowest BCUT2D eigenvalue weighted by Gasteiger charge is -2.26. The van der Waals surface area contributed by atoms with Crippen LogP contribution in [0.5, 0.6) is 0 Å². The fraction of sp³-hybridized carbons (Fsp3) is 0. The molecule has 0 N–H and O–H groups in total. The summed E-state index contributed by atoms with van der Waals surface area (Å²) in [6.07, 6.45) is 0. The van der Waals surface area contributed by atoms with E-state index in [1.54, 1.807) is 12.1 Å². The van der Waals surface area contributed by atoms with Gasteiger partial charge in [-0.2, -0.15) is 0 Å². The molecule has 1 heterocycles. The maximum absolute atomic E-state index is 14.7. The molecule has 9 aromatic carbocycles. The molecule has 0 saturated carbocycles. The summed E-state index contributed by atoms with van der Waals surface area (Å²) in [6.45, 7) is 0. The molecule has 0 unspecified atom stereocenters. The second-order valence-electron chi connectivity index (χ2n) is 14.1. The first-order valence-electron chi connectivity index (χ1n) is 18.7. The van der Waals surface area contributed by atoms with Gasteiger partial charge >= 0.3 is 0 Å². The van der Waals surface area contributed by atoms with Gasteiger partial charge in [0, 0.05) is 51.1 Å². The van der Waals surface area contributed by atoms with Crippen LogP contribution in [0.4, 0.5) is 30.2 Å². The van der Waals surface area contributed by atoms with Crippen LogP contribution in [0, 0.1) is 17.5 Å². The number of hydrogen-bond donors (Lipinski definition) is 0. The molecule has 272 valence electrons. The molecule has 0 aliphatic rings. The van der Waals surface area contributed by atoms with Crippen molar-refractivity contribution in [2.45, 2.75) is 0 Å². The van der Waals surface area contributed by atoms with Crippen molar-refractivity contribution in [2.24, 2.45) is 0 Å². The van der Waals surface area contributed by atoms with Crippen LogP contribution in [0.1, 0.15) is 0 Å². The van der Waals surface area contributed by atoms with E-state index < -0.39 is 17.5 Å². The molecule has 5 heteroatoms. The third kappa shape index (κ3) is 6.01. The van der Waals surface area contributed by atoms with Gasteiger partial charge in [-0.25, -0.2) is 13.2 Å². The molecule has 10 aromatic rings. The summed E-state index contributed by atoms with van der Waals surface area (Å²) in [5.41, 5.74) is 8.78. The van der Waals surface area contributed by atoms with E-state index in [2.05, 4.69) is 108 Å². The molecule has 0 atom stereocenters. The van der Waals surface area contributed by atoms with E-state index in [1.807, 2.05) is 66.7 Å². The van der Waals surface area contributed by atoms with Crippen molar-refractivity contribution < 1.29 is 17.6 Å². The van der Waals surface area contributed by atoms with Crippen LogP contribution >= 0.6 is 0 Å². The number of fused-ring (bicyclic) bond motifs is 6. The lowest BCUT2D eigenvalue weighted by atomic mass is 9.91. The number of furan rings is 1. The molecule has 2 nitrogen and oxygen atoms in total. The summed E-state index contributed by atoms with van der Waals surface area (Å²) < 4.78 is 49.9. The van der Waals surface area contributed by atoms with Crippen LogP contribution in [0.3, 0.4) is 0 Å². The van der Waals surface area contributed by atoms with Gasteiger partial charge in [-0.1, -0.05) is 140 Å². The SMILES string of the molecule is Fc1cc(F)c(-c2ccc(N(c3ccccc3)c3ccc(-c4ccc5c6ccccc6c6c(-c7ccccc7)c(-c7ccccc7)oc6c5c4)cc3)cc2)c(F)c1. The van der Waals surface area contributed by atoms with E-state index in [0.29, 0.717) is 17.7 Å². The smallest absolute Gasteiger partial charge is 0.143 e. The van der Waals surface area contributed by atoms with Crippen LogP contribution in [0.2, 0.25) is 0 Å². The Kier molecular flexibility index (Phi) is 8.41. The predicted molar refractivity (Wildman–Crippen MR) is 228 cm³/mol. The zero-order chi connectivity index (χ0) is 38.5. The van der Waals surface area contributed by atoms with Gasteiger partial charge < -0.3 is 9.32 Å². The Bertz CT molecular complexity index is 3050. The lowest BCUT2D eigenvalue weighted by molar-refractivity contribution is 0.548. The maximum atomic E-state index is 14.7. The molecule has 0 saturated heterocycles. The monoisotopic (exact) mass is 743 g/mol. The molecule has 0 radical (unpaired) electrons. The van der Waals surface area contributed by atoms with Crippen molar-refractivity contribution in [3.8, 4) is 44.7 Å². The van der Waals surface area contributed by atoms with Crippen LogP contribution in [-0.2, 0) is 0 Å². The molecule has 0 aliphatic heterocycles. The number of rotatable bonds is 7. The number of halogens is 3. The van der Waals surface area contributed by atoms with E-state index >= 15 is 0 Å². The minimum atomic E-state index is -0.954. The normalized spacial score (nSPS) is 11.4. The first-order chi connectivity index (χ1) is 28.0. The zero-order valence-electron chi connectivity index (χ0n) is 30.5. The second-order valence-corrected chi connectivity index (χ2v) is 14.1. The highest BCUT2D eigenvalue weighted by Gasteiger charge is 2.23. The van der Waals surface area contributed by atoms with Crippen LogP contribution in [0.15, 0.2) is 199 Å². The van der Waals surface area contributed by atoms with Crippen LogP contribution in [0.25, 0.3) is 77.2 Å². The molecule has 10 rings (SSSR count). The van der Waals surface area contributed by atoms with Gasteiger partial charge in [-0.05, 0) is 80.9 Å². The van der Waals surface area contributed by atoms with Crippen LogP contribution in [-0.4, -0.2) is 0 Å². The highest BCUT2D eigenvalue weighted by Crippen LogP contribution is 2.48. The number of benzene rings is 9. The van der Waals surface area contributed by atoms with Gasteiger partial charge in [0.15, 0.2) is 0 Å².